The van der Waals surface area contributed by atoms with Crippen molar-refractivity contribution in [1.29, 1.82) is 0 Å². The number of nitrogens with one attached hydrogen (secondary N) is 1. The number of hydrogen-bond donors (Lipinski definition) is 2. The first-order valence-electron chi connectivity index (χ1n) is 5.28. The Morgan fingerprint density at radius 1 is 1.61 bits per heavy atom. The molecule has 8 heteroatoms. The van der Waals surface area contributed by atoms with Crippen LogP contribution in [0.3, 0.4) is 0 Å². The molecule has 104 valence electrons. The topological polar surface area (TPSA) is 75.6 Å². The molecule has 0 spiro atoms. The molecule has 0 amide bonds. The van der Waals surface area contributed by atoms with Crippen molar-refractivity contribution in [3.63, 3.8) is 0 Å². The number of aliphatic hydroxyl groups excluding tert-OH is 1. The maximum absolute atomic E-state index is 12.2. The maximum Gasteiger partial charge on any atom is 0.242 e. The third-order valence-electron chi connectivity index (χ3n) is 2.30. The highest BCUT2D eigenvalue weighted by atomic mass is 79.9. The normalized spacial score (nSPS) is 13.8. The number of hydrogen-bond acceptors (Lipinski definition) is 5. The molecule has 0 aliphatic rings. The largest absolute Gasteiger partial charge is 0.396 e. The van der Waals surface area contributed by atoms with E-state index in [1.54, 1.807) is 13.0 Å². The van der Waals surface area contributed by atoms with Gasteiger partial charge in [-0.05, 0) is 35.3 Å². The van der Waals surface area contributed by atoms with E-state index in [-0.39, 0.29) is 18.1 Å². The fourth-order valence-corrected chi connectivity index (χ4v) is 5.18. The van der Waals surface area contributed by atoms with Gasteiger partial charge in [-0.1, -0.05) is 0 Å². The summed E-state index contributed by atoms with van der Waals surface area (Å²) in [6, 6.07) is 1.15. The molecule has 1 atom stereocenters. The molecule has 0 bridgehead atoms. The van der Waals surface area contributed by atoms with Crippen molar-refractivity contribution in [3.8, 4) is 0 Å². The third-order valence-corrected chi connectivity index (χ3v) is 5.63. The van der Waals surface area contributed by atoms with Crippen molar-refractivity contribution in [3.05, 3.63) is 14.7 Å². The van der Waals surface area contributed by atoms with Crippen LogP contribution < -0.4 is 4.72 Å². The van der Waals surface area contributed by atoms with Gasteiger partial charge < -0.3 is 9.84 Å². The summed E-state index contributed by atoms with van der Waals surface area (Å²) >= 11 is 4.63. The zero-order chi connectivity index (χ0) is 13.8. The van der Waals surface area contributed by atoms with Crippen LogP contribution >= 0.6 is 27.3 Å². The van der Waals surface area contributed by atoms with Gasteiger partial charge in [-0.15, -0.1) is 11.3 Å². The lowest BCUT2D eigenvalue weighted by molar-refractivity contribution is 0.158. The molecule has 1 aromatic rings. The van der Waals surface area contributed by atoms with E-state index in [1.165, 1.54) is 18.4 Å². The number of methoxy groups -OCH3 is 1. The first-order chi connectivity index (χ1) is 8.40. The van der Waals surface area contributed by atoms with E-state index in [2.05, 4.69) is 20.7 Å². The summed E-state index contributed by atoms with van der Waals surface area (Å²) < 4.78 is 32.6. The van der Waals surface area contributed by atoms with Crippen LogP contribution in [0, 0.1) is 6.92 Å². The van der Waals surface area contributed by atoms with E-state index < -0.39 is 16.1 Å². The highest BCUT2D eigenvalue weighted by Gasteiger charge is 2.23. The van der Waals surface area contributed by atoms with Crippen LogP contribution in [-0.2, 0) is 14.8 Å². The highest BCUT2D eigenvalue weighted by Crippen LogP contribution is 2.29. The average Bonchev–Trinajstić information content (AvgIpc) is 2.59. The Balaban J connectivity index is 2.89. The third kappa shape index (κ3) is 4.29. The van der Waals surface area contributed by atoms with Crippen molar-refractivity contribution >= 4 is 37.3 Å². The zero-order valence-electron chi connectivity index (χ0n) is 10.1. The molecule has 18 heavy (non-hydrogen) atoms. The van der Waals surface area contributed by atoms with Gasteiger partial charge in [0.1, 0.15) is 0 Å². The Kier molecular flexibility index (Phi) is 6.22. The summed E-state index contributed by atoms with van der Waals surface area (Å²) in [5.41, 5.74) is 0. The minimum absolute atomic E-state index is 0.0944. The van der Waals surface area contributed by atoms with Crippen LogP contribution in [0.25, 0.3) is 0 Å². The van der Waals surface area contributed by atoms with Crippen molar-refractivity contribution in [2.45, 2.75) is 24.3 Å². The fraction of sp³-hybridized carbons (Fsp3) is 0.600. The molecular formula is C10H16BrNO4S2. The molecule has 5 nitrogen and oxygen atoms in total. The lowest BCUT2D eigenvalue weighted by Gasteiger charge is -2.16. The van der Waals surface area contributed by atoms with E-state index in [9.17, 15) is 8.42 Å². The SMILES string of the molecule is COCC(CCO)NS(=O)(=O)c1cc(Br)sc1C. The molecular weight excluding hydrogens is 342 g/mol. The molecule has 0 aromatic carbocycles. The van der Waals surface area contributed by atoms with Crippen LogP contribution in [0.4, 0.5) is 0 Å². The van der Waals surface area contributed by atoms with Gasteiger partial charge in [0.25, 0.3) is 0 Å². The van der Waals surface area contributed by atoms with E-state index in [1.807, 2.05) is 0 Å². The zero-order valence-corrected chi connectivity index (χ0v) is 13.4. The number of rotatable bonds is 7. The monoisotopic (exact) mass is 357 g/mol. The Morgan fingerprint density at radius 2 is 2.28 bits per heavy atom. The Morgan fingerprint density at radius 3 is 2.72 bits per heavy atom. The molecule has 1 heterocycles. The summed E-state index contributed by atoms with van der Waals surface area (Å²) in [5, 5.41) is 8.89. The molecule has 0 aliphatic carbocycles. The van der Waals surface area contributed by atoms with E-state index in [0.29, 0.717) is 6.42 Å². The number of ether oxygens (including phenoxy) is 1. The predicted molar refractivity (Wildman–Crippen MR) is 74.4 cm³/mol. The summed E-state index contributed by atoms with van der Waals surface area (Å²) in [5.74, 6) is 0. The summed E-state index contributed by atoms with van der Waals surface area (Å²) in [6.07, 6.45) is 0.317. The van der Waals surface area contributed by atoms with Gasteiger partial charge in [0.05, 0.1) is 15.3 Å². The van der Waals surface area contributed by atoms with Crippen molar-refractivity contribution in [2.24, 2.45) is 0 Å². The van der Waals surface area contributed by atoms with Gasteiger partial charge in [-0.25, -0.2) is 13.1 Å². The smallest absolute Gasteiger partial charge is 0.242 e. The number of halogens is 1. The van der Waals surface area contributed by atoms with Crippen LogP contribution in [-0.4, -0.2) is 39.9 Å². The number of aliphatic hydroxyl groups is 1. The van der Waals surface area contributed by atoms with Gasteiger partial charge in [-0.3, -0.25) is 0 Å². The van der Waals surface area contributed by atoms with Gasteiger partial charge in [0.2, 0.25) is 10.0 Å². The van der Waals surface area contributed by atoms with E-state index in [0.717, 1.165) is 8.66 Å². The summed E-state index contributed by atoms with van der Waals surface area (Å²) in [4.78, 5) is 0.980. The van der Waals surface area contributed by atoms with Crippen LogP contribution in [0.1, 0.15) is 11.3 Å². The van der Waals surface area contributed by atoms with Crippen LogP contribution in [0.2, 0.25) is 0 Å². The second-order valence-electron chi connectivity index (χ2n) is 3.76. The molecule has 1 rings (SSSR count). The molecule has 1 aromatic heterocycles. The minimum Gasteiger partial charge on any atom is -0.396 e. The van der Waals surface area contributed by atoms with E-state index >= 15 is 0 Å². The van der Waals surface area contributed by atoms with Gasteiger partial charge in [0, 0.05) is 24.6 Å². The Bertz CT molecular complexity index is 480. The van der Waals surface area contributed by atoms with Crippen molar-refractivity contribution in [2.75, 3.05) is 20.3 Å². The first-order valence-corrected chi connectivity index (χ1v) is 8.38. The lowest BCUT2D eigenvalue weighted by Crippen LogP contribution is -2.38. The van der Waals surface area contributed by atoms with Gasteiger partial charge >= 0.3 is 0 Å². The molecule has 0 saturated carbocycles. The molecule has 2 N–H and O–H groups in total. The molecule has 0 aliphatic heterocycles. The van der Waals surface area contributed by atoms with Crippen molar-refractivity contribution < 1.29 is 18.3 Å². The van der Waals surface area contributed by atoms with Gasteiger partial charge in [-0.2, -0.15) is 0 Å². The molecule has 1 unspecified atom stereocenters. The maximum atomic E-state index is 12.2. The average molecular weight is 358 g/mol. The number of thiophene rings is 1. The Labute approximate surface area is 119 Å². The van der Waals surface area contributed by atoms with Crippen molar-refractivity contribution in [1.82, 2.24) is 4.72 Å². The first kappa shape index (κ1) is 16.1. The second-order valence-corrected chi connectivity index (χ2v) is 8.07. The highest BCUT2D eigenvalue weighted by molar-refractivity contribution is 9.11. The summed E-state index contributed by atoms with van der Waals surface area (Å²) in [7, 11) is -2.08. The standard InChI is InChI=1S/C10H16BrNO4S2/c1-7-9(5-10(11)17-7)18(14,15)12-8(3-4-13)6-16-2/h5,8,12-13H,3-4,6H2,1-2H3. The fourth-order valence-electron chi connectivity index (χ4n) is 1.51. The number of aryl methyl sites for hydroxylation is 1. The lowest BCUT2D eigenvalue weighted by atomic mass is 10.2. The quantitative estimate of drug-likeness (QED) is 0.775. The minimum atomic E-state index is -3.57. The number of sulfonamides is 1. The second kappa shape index (κ2) is 6.97. The Hall–Kier alpha value is 0.01000. The van der Waals surface area contributed by atoms with E-state index in [4.69, 9.17) is 9.84 Å². The molecule has 0 radical (unpaired) electrons. The predicted octanol–water partition coefficient (Wildman–Crippen LogP) is 1.49. The molecule has 0 saturated heterocycles. The molecule has 0 fully saturated rings. The van der Waals surface area contributed by atoms with Gasteiger partial charge in [0.15, 0.2) is 0 Å². The van der Waals surface area contributed by atoms with Crippen LogP contribution in [0.15, 0.2) is 14.7 Å². The summed E-state index contributed by atoms with van der Waals surface area (Å²) in [6.45, 7) is 1.88. The van der Waals surface area contributed by atoms with Crippen LogP contribution in [0.5, 0.6) is 0 Å².